The van der Waals surface area contributed by atoms with Gasteiger partial charge in [0.05, 0.1) is 17.3 Å². The van der Waals surface area contributed by atoms with Crippen molar-refractivity contribution in [1.82, 2.24) is 4.98 Å². The van der Waals surface area contributed by atoms with E-state index in [1.165, 1.54) is 5.56 Å². The number of pyridine rings is 1. The number of aromatic nitrogens is 1. The minimum absolute atomic E-state index is 0.812. The quantitative estimate of drug-likeness (QED) is 0.834. The summed E-state index contributed by atoms with van der Waals surface area (Å²) < 4.78 is 7.22. The monoisotopic (exact) mass is 384 g/mol. The molecule has 5 heteroatoms. The van der Waals surface area contributed by atoms with Crippen molar-refractivity contribution in [1.29, 1.82) is 0 Å². The minimum Gasteiger partial charge on any atom is -0.495 e. The van der Waals surface area contributed by atoms with Crippen LogP contribution in [-0.2, 0) is 6.42 Å². The van der Waals surface area contributed by atoms with Crippen LogP contribution in [0.2, 0.25) is 0 Å². The van der Waals surface area contributed by atoms with E-state index in [4.69, 9.17) is 4.74 Å². The van der Waals surface area contributed by atoms with E-state index < -0.39 is 0 Å². The van der Waals surface area contributed by atoms with Crippen LogP contribution in [-0.4, -0.2) is 18.6 Å². The summed E-state index contributed by atoms with van der Waals surface area (Å²) in [6.45, 7) is 0.842. The summed E-state index contributed by atoms with van der Waals surface area (Å²) in [6, 6.07) is 7.97. The van der Waals surface area contributed by atoms with Gasteiger partial charge in [-0.1, -0.05) is 6.07 Å². The van der Waals surface area contributed by atoms with Gasteiger partial charge >= 0.3 is 0 Å². The molecule has 0 saturated heterocycles. The van der Waals surface area contributed by atoms with Crippen molar-refractivity contribution in [2.45, 2.75) is 6.42 Å². The SMILES string of the molecule is COc1cc(NCCc2cccnc2)c(Br)cc1Br. The Kier molecular flexibility index (Phi) is 5.22. The molecule has 2 aromatic rings. The van der Waals surface area contributed by atoms with Crippen LogP contribution in [0.15, 0.2) is 45.6 Å². The lowest BCUT2D eigenvalue weighted by molar-refractivity contribution is 0.412. The first-order chi connectivity index (χ1) is 9.20. The van der Waals surface area contributed by atoms with Crippen LogP contribution in [0.3, 0.4) is 0 Å². The number of nitrogens with zero attached hydrogens (tertiary/aromatic N) is 1. The molecular weight excluding hydrogens is 372 g/mol. The summed E-state index contributed by atoms with van der Waals surface area (Å²) in [5.41, 5.74) is 2.24. The number of ether oxygens (including phenoxy) is 1. The molecule has 1 aromatic heterocycles. The minimum atomic E-state index is 0.812. The first-order valence-corrected chi connectivity index (χ1v) is 7.45. The zero-order chi connectivity index (χ0) is 13.7. The van der Waals surface area contributed by atoms with E-state index in [0.29, 0.717) is 0 Å². The van der Waals surface area contributed by atoms with E-state index in [9.17, 15) is 0 Å². The van der Waals surface area contributed by atoms with Crippen molar-refractivity contribution in [2.75, 3.05) is 19.0 Å². The van der Waals surface area contributed by atoms with Gasteiger partial charge in [-0.3, -0.25) is 4.98 Å². The van der Waals surface area contributed by atoms with Gasteiger partial charge in [0.1, 0.15) is 5.75 Å². The summed E-state index contributed by atoms with van der Waals surface area (Å²) in [7, 11) is 1.66. The Morgan fingerprint density at radius 1 is 1.26 bits per heavy atom. The van der Waals surface area contributed by atoms with Crippen molar-refractivity contribution in [2.24, 2.45) is 0 Å². The summed E-state index contributed by atoms with van der Waals surface area (Å²) in [5, 5.41) is 3.39. The van der Waals surface area contributed by atoms with Gasteiger partial charge < -0.3 is 10.1 Å². The van der Waals surface area contributed by atoms with Gasteiger partial charge in [-0.05, 0) is 56.0 Å². The number of halogens is 2. The third kappa shape index (κ3) is 3.94. The van der Waals surface area contributed by atoms with Gasteiger partial charge in [-0.15, -0.1) is 0 Å². The molecule has 0 aliphatic heterocycles. The lowest BCUT2D eigenvalue weighted by atomic mass is 10.2. The van der Waals surface area contributed by atoms with Gasteiger partial charge in [0.25, 0.3) is 0 Å². The summed E-state index contributed by atoms with van der Waals surface area (Å²) in [6.07, 6.45) is 4.60. The van der Waals surface area contributed by atoms with Crippen molar-refractivity contribution in [3.63, 3.8) is 0 Å². The van der Waals surface area contributed by atoms with Gasteiger partial charge in [0, 0.05) is 29.5 Å². The van der Waals surface area contributed by atoms with E-state index in [0.717, 1.165) is 33.3 Å². The zero-order valence-corrected chi connectivity index (χ0v) is 13.7. The molecule has 1 N–H and O–H groups in total. The van der Waals surface area contributed by atoms with E-state index >= 15 is 0 Å². The second-order valence-corrected chi connectivity index (χ2v) is 5.71. The number of hydrogen-bond acceptors (Lipinski definition) is 3. The highest BCUT2D eigenvalue weighted by Gasteiger charge is 2.06. The molecule has 0 spiro atoms. The van der Waals surface area contributed by atoms with Crippen molar-refractivity contribution < 1.29 is 4.74 Å². The molecule has 19 heavy (non-hydrogen) atoms. The normalized spacial score (nSPS) is 10.3. The van der Waals surface area contributed by atoms with Gasteiger partial charge in [-0.2, -0.15) is 0 Å². The Morgan fingerprint density at radius 2 is 2.11 bits per heavy atom. The van der Waals surface area contributed by atoms with Crippen molar-refractivity contribution in [3.05, 3.63) is 51.2 Å². The van der Waals surface area contributed by atoms with Crippen LogP contribution in [0.4, 0.5) is 5.69 Å². The molecule has 1 heterocycles. The second-order valence-electron chi connectivity index (χ2n) is 4.00. The van der Waals surface area contributed by atoms with Crippen LogP contribution >= 0.6 is 31.9 Å². The number of nitrogens with one attached hydrogen (secondary N) is 1. The Bertz CT molecular complexity index is 547. The molecule has 0 atom stereocenters. The zero-order valence-electron chi connectivity index (χ0n) is 10.5. The fourth-order valence-corrected chi connectivity index (χ4v) is 3.00. The Balaban J connectivity index is 2.00. The molecule has 0 radical (unpaired) electrons. The first kappa shape index (κ1) is 14.3. The highest BCUT2D eigenvalue weighted by atomic mass is 79.9. The molecule has 0 aliphatic carbocycles. The molecular formula is C14H14Br2N2O. The topological polar surface area (TPSA) is 34.1 Å². The van der Waals surface area contributed by atoms with E-state index in [1.807, 2.05) is 24.4 Å². The van der Waals surface area contributed by atoms with Crippen molar-refractivity contribution >= 4 is 37.5 Å². The Morgan fingerprint density at radius 3 is 2.79 bits per heavy atom. The molecule has 1 aromatic carbocycles. The highest BCUT2D eigenvalue weighted by Crippen LogP contribution is 2.34. The molecule has 100 valence electrons. The summed E-state index contributed by atoms with van der Waals surface area (Å²) >= 11 is 6.99. The third-order valence-electron chi connectivity index (χ3n) is 2.69. The summed E-state index contributed by atoms with van der Waals surface area (Å²) in [5.74, 6) is 0.812. The fraction of sp³-hybridized carbons (Fsp3) is 0.214. The van der Waals surface area contributed by atoms with E-state index in [1.54, 1.807) is 13.3 Å². The number of benzene rings is 1. The molecule has 0 saturated carbocycles. The maximum atomic E-state index is 5.29. The van der Waals surface area contributed by atoms with E-state index in [2.05, 4.69) is 48.2 Å². The van der Waals surface area contributed by atoms with Gasteiger partial charge in [0.15, 0.2) is 0 Å². The number of hydrogen-bond donors (Lipinski definition) is 1. The lowest BCUT2D eigenvalue weighted by Crippen LogP contribution is -2.05. The van der Waals surface area contributed by atoms with E-state index in [-0.39, 0.29) is 0 Å². The first-order valence-electron chi connectivity index (χ1n) is 5.86. The number of anilines is 1. The Hall–Kier alpha value is -1.07. The highest BCUT2D eigenvalue weighted by molar-refractivity contribution is 9.11. The average Bonchev–Trinajstić information content (AvgIpc) is 2.42. The molecule has 0 amide bonds. The van der Waals surface area contributed by atoms with Crippen LogP contribution in [0, 0.1) is 0 Å². The van der Waals surface area contributed by atoms with Gasteiger partial charge in [-0.25, -0.2) is 0 Å². The number of rotatable bonds is 5. The molecule has 0 aliphatic rings. The van der Waals surface area contributed by atoms with Crippen LogP contribution < -0.4 is 10.1 Å². The summed E-state index contributed by atoms with van der Waals surface area (Å²) in [4.78, 5) is 4.10. The van der Waals surface area contributed by atoms with Crippen LogP contribution in [0.25, 0.3) is 0 Å². The van der Waals surface area contributed by atoms with Crippen LogP contribution in [0.5, 0.6) is 5.75 Å². The predicted molar refractivity (Wildman–Crippen MR) is 84.8 cm³/mol. The van der Waals surface area contributed by atoms with Gasteiger partial charge in [0.2, 0.25) is 0 Å². The molecule has 3 nitrogen and oxygen atoms in total. The van der Waals surface area contributed by atoms with Crippen molar-refractivity contribution in [3.8, 4) is 5.75 Å². The largest absolute Gasteiger partial charge is 0.495 e. The molecule has 0 bridgehead atoms. The number of methoxy groups -OCH3 is 1. The molecule has 0 fully saturated rings. The van der Waals surface area contributed by atoms with Crippen LogP contribution in [0.1, 0.15) is 5.56 Å². The smallest absolute Gasteiger partial charge is 0.135 e. The average molecular weight is 386 g/mol. The molecule has 0 unspecified atom stereocenters. The molecule has 2 rings (SSSR count). The fourth-order valence-electron chi connectivity index (χ4n) is 1.71. The third-order valence-corrected chi connectivity index (χ3v) is 3.97. The lowest BCUT2D eigenvalue weighted by Gasteiger charge is -2.11. The second kappa shape index (κ2) is 6.91. The maximum absolute atomic E-state index is 5.29. The standard InChI is InChI=1S/C14H14Br2N2O/c1-19-14-8-13(11(15)7-12(14)16)18-6-4-10-3-2-5-17-9-10/h2-3,5,7-9,18H,4,6H2,1H3. The predicted octanol–water partition coefficient (Wildman–Crippen LogP) is 4.27. The Labute approximate surface area is 129 Å². The maximum Gasteiger partial charge on any atom is 0.135 e.